The van der Waals surface area contributed by atoms with Crippen LogP contribution in [0.2, 0.25) is 0 Å². The standard InChI is InChI=1S/C11H14FN/c1-7-2-5-10(12)9(6-7)11(13)8-3-4-8/h2,5-6,8,11H,3-4,13H2,1H3. The van der Waals surface area contributed by atoms with E-state index < -0.39 is 0 Å². The molecule has 1 saturated carbocycles. The summed E-state index contributed by atoms with van der Waals surface area (Å²) in [5.41, 5.74) is 7.69. The molecule has 1 fully saturated rings. The van der Waals surface area contributed by atoms with Gasteiger partial charge in [-0.1, -0.05) is 17.7 Å². The third-order valence-electron chi connectivity index (χ3n) is 2.64. The maximum absolute atomic E-state index is 13.3. The molecule has 13 heavy (non-hydrogen) atoms. The number of aryl methyl sites for hydroxylation is 1. The highest BCUT2D eigenvalue weighted by molar-refractivity contribution is 5.27. The minimum atomic E-state index is -0.162. The molecule has 1 aromatic rings. The molecular formula is C11H14FN. The van der Waals surface area contributed by atoms with Gasteiger partial charge < -0.3 is 5.73 Å². The molecule has 0 aromatic heterocycles. The molecule has 1 nitrogen and oxygen atoms in total. The quantitative estimate of drug-likeness (QED) is 0.741. The number of nitrogens with two attached hydrogens (primary N) is 1. The Morgan fingerprint density at radius 2 is 2.15 bits per heavy atom. The summed E-state index contributed by atoms with van der Waals surface area (Å²) in [4.78, 5) is 0. The summed E-state index contributed by atoms with van der Waals surface area (Å²) < 4.78 is 13.3. The lowest BCUT2D eigenvalue weighted by atomic mass is 10.0. The molecule has 0 radical (unpaired) electrons. The van der Waals surface area contributed by atoms with E-state index in [1.165, 1.54) is 6.07 Å². The van der Waals surface area contributed by atoms with Crippen LogP contribution in [0.5, 0.6) is 0 Å². The minimum Gasteiger partial charge on any atom is -0.324 e. The van der Waals surface area contributed by atoms with Gasteiger partial charge in [-0.15, -0.1) is 0 Å². The Balaban J connectivity index is 2.31. The van der Waals surface area contributed by atoms with E-state index in [-0.39, 0.29) is 11.9 Å². The average molecular weight is 179 g/mol. The second kappa shape index (κ2) is 3.11. The average Bonchev–Trinajstić information content (AvgIpc) is 2.91. The SMILES string of the molecule is Cc1ccc(F)c(C(N)C2CC2)c1. The zero-order chi connectivity index (χ0) is 9.42. The summed E-state index contributed by atoms with van der Waals surface area (Å²) in [5, 5.41) is 0. The van der Waals surface area contributed by atoms with Gasteiger partial charge in [-0.2, -0.15) is 0 Å². The van der Waals surface area contributed by atoms with E-state index in [0.717, 1.165) is 18.4 Å². The molecule has 1 aromatic carbocycles. The normalized spacial score (nSPS) is 18.7. The molecule has 1 atom stereocenters. The van der Waals surface area contributed by atoms with Gasteiger partial charge in [-0.05, 0) is 31.7 Å². The lowest BCUT2D eigenvalue weighted by Gasteiger charge is -2.12. The minimum absolute atomic E-state index is 0.0973. The zero-order valence-electron chi connectivity index (χ0n) is 7.76. The van der Waals surface area contributed by atoms with Crippen molar-refractivity contribution in [2.24, 2.45) is 11.7 Å². The number of benzene rings is 1. The Morgan fingerprint density at radius 1 is 1.46 bits per heavy atom. The highest BCUT2D eigenvalue weighted by Crippen LogP contribution is 2.40. The smallest absolute Gasteiger partial charge is 0.127 e. The van der Waals surface area contributed by atoms with Crippen LogP contribution in [0.3, 0.4) is 0 Å². The maximum atomic E-state index is 13.3. The van der Waals surface area contributed by atoms with E-state index in [9.17, 15) is 4.39 Å². The van der Waals surface area contributed by atoms with Crippen LogP contribution in [-0.2, 0) is 0 Å². The van der Waals surface area contributed by atoms with E-state index >= 15 is 0 Å². The van der Waals surface area contributed by atoms with Crippen molar-refractivity contribution in [1.29, 1.82) is 0 Å². The Hall–Kier alpha value is -0.890. The highest BCUT2D eigenvalue weighted by atomic mass is 19.1. The zero-order valence-corrected chi connectivity index (χ0v) is 7.76. The second-order valence-corrected chi connectivity index (χ2v) is 3.89. The first-order valence-electron chi connectivity index (χ1n) is 4.70. The van der Waals surface area contributed by atoms with Gasteiger partial charge in [0.05, 0.1) is 0 Å². The number of halogens is 1. The molecule has 70 valence electrons. The van der Waals surface area contributed by atoms with Crippen LogP contribution in [0.25, 0.3) is 0 Å². The lowest BCUT2D eigenvalue weighted by Crippen LogP contribution is -2.14. The van der Waals surface area contributed by atoms with Crippen LogP contribution >= 0.6 is 0 Å². The molecule has 0 amide bonds. The van der Waals surface area contributed by atoms with Crippen LogP contribution in [-0.4, -0.2) is 0 Å². The van der Waals surface area contributed by atoms with Crippen LogP contribution < -0.4 is 5.73 Å². The summed E-state index contributed by atoms with van der Waals surface area (Å²) in [5.74, 6) is 0.348. The van der Waals surface area contributed by atoms with Crippen molar-refractivity contribution in [3.8, 4) is 0 Å². The number of hydrogen-bond acceptors (Lipinski definition) is 1. The van der Waals surface area contributed by atoms with E-state index in [2.05, 4.69) is 0 Å². The fraction of sp³-hybridized carbons (Fsp3) is 0.455. The predicted octanol–water partition coefficient (Wildman–Crippen LogP) is 2.54. The topological polar surface area (TPSA) is 26.0 Å². The third kappa shape index (κ3) is 1.73. The molecule has 0 saturated heterocycles. The summed E-state index contributed by atoms with van der Waals surface area (Å²) in [6, 6.07) is 5.05. The third-order valence-corrected chi connectivity index (χ3v) is 2.64. The first-order chi connectivity index (χ1) is 6.18. The van der Waals surface area contributed by atoms with Gasteiger partial charge in [0.25, 0.3) is 0 Å². The molecule has 2 rings (SSSR count). The van der Waals surface area contributed by atoms with E-state index in [1.54, 1.807) is 6.07 Å². The highest BCUT2D eigenvalue weighted by Gasteiger charge is 2.30. The van der Waals surface area contributed by atoms with Crippen molar-refractivity contribution >= 4 is 0 Å². The summed E-state index contributed by atoms with van der Waals surface area (Å²) >= 11 is 0. The van der Waals surface area contributed by atoms with Gasteiger partial charge in [0.1, 0.15) is 5.82 Å². The Morgan fingerprint density at radius 3 is 2.77 bits per heavy atom. The molecule has 0 aliphatic heterocycles. The molecular weight excluding hydrogens is 165 g/mol. The molecule has 2 N–H and O–H groups in total. The van der Waals surface area contributed by atoms with Crippen LogP contribution in [0.1, 0.15) is 30.0 Å². The van der Waals surface area contributed by atoms with Crippen LogP contribution in [0, 0.1) is 18.7 Å². The first kappa shape index (κ1) is 8.70. The van der Waals surface area contributed by atoms with Gasteiger partial charge in [-0.25, -0.2) is 4.39 Å². The molecule has 0 spiro atoms. The van der Waals surface area contributed by atoms with Crippen molar-refractivity contribution in [2.75, 3.05) is 0 Å². The summed E-state index contributed by atoms with van der Waals surface area (Å²) in [6.45, 7) is 1.96. The summed E-state index contributed by atoms with van der Waals surface area (Å²) in [7, 11) is 0. The van der Waals surface area contributed by atoms with Crippen molar-refractivity contribution in [3.05, 3.63) is 35.1 Å². The molecule has 2 heteroatoms. The van der Waals surface area contributed by atoms with E-state index in [4.69, 9.17) is 5.73 Å². The largest absolute Gasteiger partial charge is 0.324 e. The van der Waals surface area contributed by atoms with E-state index in [0.29, 0.717) is 11.5 Å². The van der Waals surface area contributed by atoms with Gasteiger partial charge in [0.15, 0.2) is 0 Å². The van der Waals surface area contributed by atoms with Crippen molar-refractivity contribution in [3.63, 3.8) is 0 Å². The van der Waals surface area contributed by atoms with Crippen LogP contribution in [0.15, 0.2) is 18.2 Å². The predicted molar refractivity (Wildman–Crippen MR) is 50.8 cm³/mol. The van der Waals surface area contributed by atoms with Gasteiger partial charge in [-0.3, -0.25) is 0 Å². The molecule has 0 heterocycles. The Bertz CT molecular complexity index is 318. The van der Waals surface area contributed by atoms with Crippen molar-refractivity contribution < 1.29 is 4.39 Å². The number of hydrogen-bond donors (Lipinski definition) is 1. The summed E-state index contributed by atoms with van der Waals surface area (Å²) in [6.07, 6.45) is 2.29. The molecule has 1 aliphatic carbocycles. The van der Waals surface area contributed by atoms with E-state index in [1.807, 2.05) is 13.0 Å². The second-order valence-electron chi connectivity index (χ2n) is 3.89. The van der Waals surface area contributed by atoms with Crippen molar-refractivity contribution in [1.82, 2.24) is 0 Å². The van der Waals surface area contributed by atoms with Crippen molar-refractivity contribution in [2.45, 2.75) is 25.8 Å². The monoisotopic (exact) mass is 179 g/mol. The molecule has 1 aliphatic rings. The fourth-order valence-electron chi connectivity index (χ4n) is 1.63. The Kier molecular flexibility index (Phi) is 2.08. The van der Waals surface area contributed by atoms with Gasteiger partial charge >= 0.3 is 0 Å². The van der Waals surface area contributed by atoms with Crippen LogP contribution in [0.4, 0.5) is 4.39 Å². The van der Waals surface area contributed by atoms with Gasteiger partial charge in [0.2, 0.25) is 0 Å². The fourth-order valence-corrected chi connectivity index (χ4v) is 1.63. The number of rotatable bonds is 2. The lowest BCUT2D eigenvalue weighted by molar-refractivity contribution is 0.553. The molecule has 0 bridgehead atoms. The first-order valence-corrected chi connectivity index (χ1v) is 4.70. The molecule has 1 unspecified atom stereocenters. The van der Waals surface area contributed by atoms with Gasteiger partial charge in [0, 0.05) is 11.6 Å². The Labute approximate surface area is 77.8 Å². The maximum Gasteiger partial charge on any atom is 0.127 e.